The summed E-state index contributed by atoms with van der Waals surface area (Å²) < 4.78 is 11.5. The van der Waals surface area contributed by atoms with E-state index < -0.39 is 0 Å². The highest BCUT2D eigenvalue weighted by molar-refractivity contribution is 6.31. The zero-order valence-electron chi connectivity index (χ0n) is 12.7. The molecule has 0 aromatic heterocycles. The van der Waals surface area contributed by atoms with Gasteiger partial charge in [0.05, 0.1) is 13.2 Å². The van der Waals surface area contributed by atoms with Gasteiger partial charge in [-0.1, -0.05) is 24.9 Å². The molecular formula is C17H24ClNO2. The van der Waals surface area contributed by atoms with Crippen molar-refractivity contribution >= 4 is 11.6 Å². The van der Waals surface area contributed by atoms with Gasteiger partial charge in [-0.2, -0.15) is 0 Å². The van der Waals surface area contributed by atoms with Gasteiger partial charge >= 0.3 is 0 Å². The largest absolute Gasteiger partial charge is 0.490 e. The van der Waals surface area contributed by atoms with E-state index in [1.54, 1.807) is 0 Å². The molecule has 1 aliphatic carbocycles. The monoisotopic (exact) mass is 309 g/mol. The maximum Gasteiger partial charge on any atom is 0.162 e. The van der Waals surface area contributed by atoms with Crippen LogP contribution in [0.25, 0.3) is 0 Å². The van der Waals surface area contributed by atoms with E-state index in [0.717, 1.165) is 35.9 Å². The van der Waals surface area contributed by atoms with Crippen LogP contribution in [0.3, 0.4) is 0 Å². The lowest BCUT2D eigenvalue weighted by Crippen LogP contribution is -2.32. The molecule has 1 saturated carbocycles. The molecular weight excluding hydrogens is 286 g/mol. The van der Waals surface area contributed by atoms with Crippen LogP contribution >= 0.6 is 11.6 Å². The van der Waals surface area contributed by atoms with Crippen LogP contribution in [-0.4, -0.2) is 19.8 Å². The summed E-state index contributed by atoms with van der Waals surface area (Å²) in [4.78, 5) is 0. The Hall–Kier alpha value is -0.930. The first-order valence-corrected chi connectivity index (χ1v) is 8.50. The highest BCUT2D eigenvalue weighted by Crippen LogP contribution is 2.43. The van der Waals surface area contributed by atoms with Gasteiger partial charge in [0.2, 0.25) is 0 Å². The van der Waals surface area contributed by atoms with Crippen molar-refractivity contribution in [2.24, 2.45) is 5.92 Å². The quantitative estimate of drug-likeness (QED) is 0.877. The van der Waals surface area contributed by atoms with Crippen molar-refractivity contribution in [3.05, 3.63) is 22.7 Å². The average molecular weight is 310 g/mol. The molecule has 0 radical (unpaired) electrons. The van der Waals surface area contributed by atoms with E-state index in [4.69, 9.17) is 21.1 Å². The minimum absolute atomic E-state index is 0.336. The predicted octanol–water partition coefficient (Wildman–Crippen LogP) is 4.34. The van der Waals surface area contributed by atoms with Gasteiger partial charge in [-0.3, -0.25) is 0 Å². The molecule has 0 spiro atoms. The van der Waals surface area contributed by atoms with Gasteiger partial charge < -0.3 is 14.8 Å². The number of ether oxygens (including phenoxy) is 2. The number of fused-ring (bicyclic) bond motifs is 1. The van der Waals surface area contributed by atoms with Crippen LogP contribution in [0.5, 0.6) is 11.5 Å². The molecule has 1 aliphatic heterocycles. The van der Waals surface area contributed by atoms with Crippen molar-refractivity contribution in [3.8, 4) is 11.5 Å². The summed E-state index contributed by atoms with van der Waals surface area (Å²) in [7, 11) is 0. The number of hydrogen-bond donors (Lipinski definition) is 1. The maximum atomic E-state index is 6.54. The van der Waals surface area contributed by atoms with Crippen LogP contribution in [0.15, 0.2) is 12.1 Å². The Morgan fingerprint density at radius 1 is 1.19 bits per heavy atom. The van der Waals surface area contributed by atoms with Gasteiger partial charge in [-0.25, -0.2) is 0 Å². The zero-order chi connectivity index (χ0) is 14.7. The van der Waals surface area contributed by atoms with Crippen LogP contribution in [0.1, 0.15) is 50.6 Å². The van der Waals surface area contributed by atoms with Gasteiger partial charge in [-0.15, -0.1) is 0 Å². The SMILES string of the molecule is CCCNC(c1cc2c(cc1Cl)OCCCO2)C1CCC1. The van der Waals surface area contributed by atoms with Gasteiger partial charge in [0.25, 0.3) is 0 Å². The third kappa shape index (κ3) is 3.29. The average Bonchev–Trinajstić information content (AvgIpc) is 2.65. The zero-order valence-corrected chi connectivity index (χ0v) is 13.4. The highest BCUT2D eigenvalue weighted by atomic mass is 35.5. The van der Waals surface area contributed by atoms with E-state index in [-0.39, 0.29) is 0 Å². The van der Waals surface area contributed by atoms with Crippen LogP contribution in [0, 0.1) is 5.92 Å². The Bertz CT molecular complexity index is 488. The van der Waals surface area contributed by atoms with Crippen molar-refractivity contribution in [1.29, 1.82) is 0 Å². The van der Waals surface area contributed by atoms with E-state index in [1.807, 2.05) is 6.07 Å². The Kier molecular flexibility index (Phi) is 4.91. The van der Waals surface area contributed by atoms with E-state index >= 15 is 0 Å². The standard InChI is InChI=1S/C17H24ClNO2/c1-2-7-19-17(12-5-3-6-12)13-10-15-16(11-14(13)18)21-9-4-8-20-15/h10-12,17,19H,2-9H2,1H3. The fraction of sp³-hybridized carbons (Fsp3) is 0.647. The smallest absolute Gasteiger partial charge is 0.162 e. The minimum Gasteiger partial charge on any atom is -0.490 e. The van der Waals surface area contributed by atoms with E-state index in [1.165, 1.54) is 24.8 Å². The first kappa shape index (κ1) is 15.0. The molecule has 1 atom stereocenters. The van der Waals surface area contributed by atoms with Gasteiger partial charge in [0.15, 0.2) is 11.5 Å². The number of hydrogen-bond acceptors (Lipinski definition) is 3. The second-order valence-electron chi connectivity index (χ2n) is 5.99. The normalized spacial score (nSPS) is 19.7. The van der Waals surface area contributed by atoms with Crippen LogP contribution in [-0.2, 0) is 0 Å². The Morgan fingerprint density at radius 2 is 1.90 bits per heavy atom. The van der Waals surface area contributed by atoms with Gasteiger partial charge in [-0.05, 0) is 43.4 Å². The molecule has 116 valence electrons. The second kappa shape index (κ2) is 6.89. The molecule has 4 heteroatoms. The van der Waals surface area contributed by atoms with E-state index in [2.05, 4.69) is 18.3 Å². The molecule has 3 rings (SSSR count). The maximum absolute atomic E-state index is 6.54. The molecule has 3 nitrogen and oxygen atoms in total. The van der Waals surface area contributed by atoms with E-state index in [9.17, 15) is 0 Å². The van der Waals surface area contributed by atoms with Crippen molar-refractivity contribution in [3.63, 3.8) is 0 Å². The Balaban J connectivity index is 1.89. The summed E-state index contributed by atoms with van der Waals surface area (Å²) in [6, 6.07) is 4.36. The lowest BCUT2D eigenvalue weighted by Gasteiger charge is -2.35. The molecule has 21 heavy (non-hydrogen) atoms. The fourth-order valence-corrected chi connectivity index (χ4v) is 3.31. The molecule has 1 N–H and O–H groups in total. The third-order valence-electron chi connectivity index (χ3n) is 4.44. The molecule has 1 aromatic rings. The second-order valence-corrected chi connectivity index (χ2v) is 6.40. The summed E-state index contributed by atoms with van der Waals surface area (Å²) in [6.45, 7) is 4.62. The summed E-state index contributed by atoms with van der Waals surface area (Å²) in [5, 5.41) is 4.46. The van der Waals surface area contributed by atoms with Crippen molar-refractivity contribution in [2.45, 2.75) is 45.1 Å². The highest BCUT2D eigenvalue weighted by Gasteiger charge is 2.30. The summed E-state index contributed by atoms with van der Waals surface area (Å²) in [5.41, 5.74) is 1.17. The molecule has 0 saturated heterocycles. The lowest BCUT2D eigenvalue weighted by molar-refractivity contribution is 0.230. The summed E-state index contributed by atoms with van der Waals surface area (Å²) >= 11 is 6.54. The van der Waals surface area contributed by atoms with Gasteiger partial charge in [0, 0.05) is 23.6 Å². The first-order valence-electron chi connectivity index (χ1n) is 8.12. The molecule has 0 amide bonds. The van der Waals surface area contributed by atoms with Crippen molar-refractivity contribution in [1.82, 2.24) is 5.32 Å². The minimum atomic E-state index is 0.336. The summed E-state index contributed by atoms with van der Waals surface area (Å²) in [5.74, 6) is 2.32. The Morgan fingerprint density at radius 3 is 2.52 bits per heavy atom. The van der Waals surface area contributed by atoms with Crippen LogP contribution < -0.4 is 14.8 Å². The van der Waals surface area contributed by atoms with Crippen LogP contribution in [0.4, 0.5) is 0 Å². The number of rotatable bonds is 5. The third-order valence-corrected chi connectivity index (χ3v) is 4.76. The first-order chi connectivity index (χ1) is 10.3. The summed E-state index contributed by atoms with van der Waals surface area (Å²) in [6.07, 6.45) is 5.95. The van der Waals surface area contributed by atoms with Crippen molar-refractivity contribution in [2.75, 3.05) is 19.8 Å². The van der Waals surface area contributed by atoms with E-state index in [0.29, 0.717) is 25.2 Å². The topological polar surface area (TPSA) is 30.5 Å². The predicted molar refractivity (Wildman–Crippen MR) is 85.4 cm³/mol. The molecule has 1 unspecified atom stereocenters. The van der Waals surface area contributed by atoms with Gasteiger partial charge in [0.1, 0.15) is 0 Å². The van der Waals surface area contributed by atoms with Crippen molar-refractivity contribution < 1.29 is 9.47 Å². The number of nitrogens with one attached hydrogen (secondary N) is 1. The van der Waals surface area contributed by atoms with Crippen LogP contribution in [0.2, 0.25) is 5.02 Å². The molecule has 2 aliphatic rings. The molecule has 1 aromatic carbocycles. The molecule has 1 fully saturated rings. The lowest BCUT2D eigenvalue weighted by atomic mass is 9.77. The molecule has 0 bridgehead atoms. The number of halogens is 1. The fourth-order valence-electron chi connectivity index (χ4n) is 3.04. The number of benzene rings is 1. The Labute approximate surface area is 132 Å². The molecule has 1 heterocycles.